The lowest BCUT2D eigenvalue weighted by molar-refractivity contribution is -0.140. The van der Waals surface area contributed by atoms with E-state index in [0.29, 0.717) is 30.0 Å². The van der Waals surface area contributed by atoms with Crippen molar-refractivity contribution >= 4 is 23.3 Å². The van der Waals surface area contributed by atoms with Gasteiger partial charge in [-0.3, -0.25) is 14.4 Å². The van der Waals surface area contributed by atoms with Crippen LogP contribution in [0.3, 0.4) is 0 Å². The number of hydrogen-bond donors (Lipinski definition) is 0. The number of carbonyl (C=O) groups is 3. The molecule has 1 aliphatic rings. The number of esters is 1. The summed E-state index contributed by atoms with van der Waals surface area (Å²) in [4.78, 5) is 36.7. The number of rotatable bonds is 5. The predicted molar refractivity (Wildman–Crippen MR) is 84.8 cm³/mol. The maximum Gasteiger partial charge on any atom is 0.305 e. The maximum atomic E-state index is 12.2. The van der Waals surface area contributed by atoms with Gasteiger partial charge < -0.3 is 14.4 Å². The van der Waals surface area contributed by atoms with Gasteiger partial charge in [-0.05, 0) is 31.5 Å². The quantitative estimate of drug-likeness (QED) is 0.615. The van der Waals surface area contributed by atoms with Crippen LogP contribution in [0, 0.1) is 0 Å². The lowest BCUT2D eigenvalue weighted by atomic mass is 10.0. The third kappa shape index (κ3) is 4.09. The van der Waals surface area contributed by atoms with Crippen LogP contribution in [-0.2, 0) is 14.3 Å². The summed E-state index contributed by atoms with van der Waals surface area (Å²) in [5.41, 5.74) is 1.13. The zero-order valence-corrected chi connectivity index (χ0v) is 13.6. The molecule has 2 rings (SSSR count). The molecule has 0 radical (unpaired) electrons. The van der Waals surface area contributed by atoms with Gasteiger partial charge in [-0.2, -0.15) is 0 Å². The van der Waals surface area contributed by atoms with Crippen molar-refractivity contribution in [1.82, 2.24) is 0 Å². The second-order valence-electron chi connectivity index (χ2n) is 5.59. The van der Waals surface area contributed by atoms with Crippen molar-refractivity contribution in [2.45, 2.75) is 39.2 Å². The molecule has 1 aliphatic heterocycles. The van der Waals surface area contributed by atoms with Gasteiger partial charge in [-0.15, -0.1) is 0 Å². The lowest BCUT2D eigenvalue weighted by Gasteiger charge is -2.33. The molecule has 6 heteroatoms. The van der Waals surface area contributed by atoms with E-state index >= 15 is 0 Å². The Hall–Kier alpha value is -2.37. The third-order valence-electron chi connectivity index (χ3n) is 3.73. The highest BCUT2D eigenvalue weighted by atomic mass is 16.5. The molecule has 0 spiro atoms. The zero-order chi connectivity index (χ0) is 17.0. The number of methoxy groups -OCH3 is 1. The Morgan fingerprint density at radius 2 is 2.04 bits per heavy atom. The Bertz CT molecular complexity index is 625. The van der Waals surface area contributed by atoms with Crippen molar-refractivity contribution in [2.24, 2.45) is 0 Å². The van der Waals surface area contributed by atoms with Gasteiger partial charge in [0.2, 0.25) is 5.91 Å². The van der Waals surface area contributed by atoms with Crippen LogP contribution in [0.5, 0.6) is 5.75 Å². The SMILES string of the molecule is COC(=O)CCCC(=O)c1ccc2c(c1)N(C(C)=O)CC(C)O2. The van der Waals surface area contributed by atoms with Crippen LogP contribution in [-0.4, -0.2) is 37.4 Å². The zero-order valence-electron chi connectivity index (χ0n) is 13.6. The highest BCUT2D eigenvalue weighted by molar-refractivity contribution is 6.00. The van der Waals surface area contributed by atoms with Gasteiger partial charge in [-0.25, -0.2) is 0 Å². The fraction of sp³-hybridized carbons (Fsp3) is 0.471. The molecule has 0 bridgehead atoms. The van der Waals surface area contributed by atoms with Crippen molar-refractivity contribution in [3.63, 3.8) is 0 Å². The predicted octanol–water partition coefficient (Wildman–Crippen LogP) is 2.35. The standard InChI is InChI=1S/C17H21NO5/c1-11-10-18(12(2)19)14-9-13(7-8-16(14)23-11)15(20)5-4-6-17(21)22-3/h7-9,11H,4-6,10H2,1-3H3. The van der Waals surface area contributed by atoms with Crippen LogP contribution < -0.4 is 9.64 Å². The minimum absolute atomic E-state index is 0.0705. The Balaban J connectivity index is 2.13. The molecule has 0 saturated carbocycles. The molecule has 0 aromatic heterocycles. The first-order valence-corrected chi connectivity index (χ1v) is 7.61. The van der Waals surface area contributed by atoms with Gasteiger partial charge in [0.1, 0.15) is 11.9 Å². The van der Waals surface area contributed by atoms with Gasteiger partial charge in [0.05, 0.1) is 19.3 Å². The summed E-state index contributed by atoms with van der Waals surface area (Å²) in [5.74, 6) is 0.119. The van der Waals surface area contributed by atoms with E-state index in [9.17, 15) is 14.4 Å². The van der Waals surface area contributed by atoms with E-state index in [2.05, 4.69) is 4.74 Å². The maximum absolute atomic E-state index is 12.2. The number of amides is 1. The van der Waals surface area contributed by atoms with E-state index in [1.807, 2.05) is 6.92 Å². The second kappa shape index (κ2) is 7.26. The lowest BCUT2D eigenvalue weighted by Crippen LogP contribution is -2.41. The van der Waals surface area contributed by atoms with E-state index in [1.54, 1.807) is 23.1 Å². The molecule has 1 amide bonds. The van der Waals surface area contributed by atoms with Crippen LogP contribution in [0.1, 0.15) is 43.5 Å². The minimum Gasteiger partial charge on any atom is -0.487 e. The van der Waals surface area contributed by atoms with Crippen molar-refractivity contribution in [2.75, 3.05) is 18.6 Å². The molecule has 23 heavy (non-hydrogen) atoms. The van der Waals surface area contributed by atoms with Gasteiger partial charge in [0, 0.05) is 25.3 Å². The molecule has 1 heterocycles. The van der Waals surface area contributed by atoms with Gasteiger partial charge in [0.25, 0.3) is 0 Å². The number of ether oxygens (including phenoxy) is 2. The first kappa shape index (κ1) is 17.0. The number of hydrogen-bond acceptors (Lipinski definition) is 5. The molecule has 124 valence electrons. The molecule has 1 aromatic carbocycles. The summed E-state index contributed by atoms with van der Waals surface area (Å²) in [6.45, 7) is 3.85. The van der Waals surface area contributed by atoms with Crippen LogP contribution in [0.15, 0.2) is 18.2 Å². The molecule has 6 nitrogen and oxygen atoms in total. The second-order valence-corrected chi connectivity index (χ2v) is 5.59. The number of benzene rings is 1. The highest BCUT2D eigenvalue weighted by Crippen LogP contribution is 2.34. The topological polar surface area (TPSA) is 72.9 Å². The summed E-state index contributed by atoms with van der Waals surface area (Å²) in [5, 5.41) is 0. The molecule has 1 aromatic rings. The largest absolute Gasteiger partial charge is 0.487 e. The van der Waals surface area contributed by atoms with E-state index < -0.39 is 0 Å². The number of anilines is 1. The fourth-order valence-corrected chi connectivity index (χ4v) is 2.55. The molecule has 1 unspecified atom stereocenters. The summed E-state index contributed by atoms with van der Waals surface area (Å²) < 4.78 is 10.3. The van der Waals surface area contributed by atoms with Crippen molar-refractivity contribution in [1.29, 1.82) is 0 Å². The smallest absolute Gasteiger partial charge is 0.305 e. The summed E-state index contributed by atoms with van der Waals surface area (Å²) in [6, 6.07) is 5.09. The molecular formula is C17H21NO5. The van der Waals surface area contributed by atoms with Gasteiger partial charge in [-0.1, -0.05) is 0 Å². The molecule has 0 fully saturated rings. The summed E-state index contributed by atoms with van der Waals surface area (Å²) in [7, 11) is 1.32. The van der Waals surface area contributed by atoms with E-state index in [1.165, 1.54) is 14.0 Å². The fourth-order valence-electron chi connectivity index (χ4n) is 2.55. The summed E-state index contributed by atoms with van der Waals surface area (Å²) >= 11 is 0. The molecule has 0 saturated heterocycles. The molecule has 0 N–H and O–H groups in total. The average Bonchev–Trinajstić information content (AvgIpc) is 2.53. The van der Waals surface area contributed by atoms with Gasteiger partial charge >= 0.3 is 5.97 Å². The van der Waals surface area contributed by atoms with Crippen molar-refractivity contribution < 1.29 is 23.9 Å². The Kier molecular flexibility index (Phi) is 5.36. The monoisotopic (exact) mass is 319 g/mol. The van der Waals surface area contributed by atoms with Crippen molar-refractivity contribution in [3.05, 3.63) is 23.8 Å². The van der Waals surface area contributed by atoms with Crippen LogP contribution in [0.2, 0.25) is 0 Å². The Labute approximate surface area is 135 Å². The Morgan fingerprint density at radius 3 is 2.70 bits per heavy atom. The molecular weight excluding hydrogens is 298 g/mol. The molecule has 0 aliphatic carbocycles. The minimum atomic E-state index is -0.326. The van der Waals surface area contributed by atoms with E-state index in [0.717, 1.165) is 0 Å². The Morgan fingerprint density at radius 1 is 1.30 bits per heavy atom. The molecule has 1 atom stereocenters. The van der Waals surface area contributed by atoms with E-state index in [4.69, 9.17) is 4.74 Å². The first-order valence-electron chi connectivity index (χ1n) is 7.61. The average molecular weight is 319 g/mol. The first-order chi connectivity index (χ1) is 10.9. The van der Waals surface area contributed by atoms with E-state index in [-0.39, 0.29) is 36.6 Å². The normalized spacial score (nSPS) is 16.3. The van der Waals surface area contributed by atoms with Crippen LogP contribution in [0.25, 0.3) is 0 Å². The number of ketones is 1. The number of fused-ring (bicyclic) bond motifs is 1. The third-order valence-corrected chi connectivity index (χ3v) is 3.73. The number of Topliss-reactive ketones (excluding diaryl/α,β-unsaturated/α-hetero) is 1. The number of nitrogens with zero attached hydrogens (tertiary/aromatic N) is 1. The summed E-state index contributed by atoms with van der Waals surface area (Å²) in [6.07, 6.45) is 0.818. The van der Waals surface area contributed by atoms with Crippen molar-refractivity contribution in [3.8, 4) is 5.75 Å². The van der Waals surface area contributed by atoms with Gasteiger partial charge in [0.15, 0.2) is 5.78 Å². The van der Waals surface area contributed by atoms with Crippen LogP contribution in [0.4, 0.5) is 5.69 Å². The number of carbonyl (C=O) groups excluding carboxylic acids is 3. The highest BCUT2D eigenvalue weighted by Gasteiger charge is 2.26. The van der Waals surface area contributed by atoms with Crippen LogP contribution >= 0.6 is 0 Å².